The second-order valence-corrected chi connectivity index (χ2v) is 9.31. The first-order chi connectivity index (χ1) is 8.31. The van der Waals surface area contributed by atoms with Crippen LogP contribution in [0.2, 0.25) is 0 Å². The first kappa shape index (κ1) is 16.5. The predicted octanol–water partition coefficient (Wildman–Crippen LogP) is 5.27. The average Bonchev–Trinajstić information content (AvgIpc) is 2.11. The van der Waals surface area contributed by atoms with Crippen LogP contribution in [0, 0.1) is 0 Å². The molecule has 108 valence electrons. The fourth-order valence-corrected chi connectivity index (χ4v) is 2.08. The lowest BCUT2D eigenvalue weighted by molar-refractivity contribution is 0.201. The van der Waals surface area contributed by atoms with Crippen LogP contribution in [0.1, 0.15) is 66.5 Å². The molecular weight excluding hydrogens is 251 g/mol. The molecule has 0 radical (unpaired) electrons. The number of ether oxygens (including phenoxy) is 1. The summed E-state index contributed by atoms with van der Waals surface area (Å²) in [5.74, 6) is 0.987. The van der Waals surface area contributed by atoms with Crippen molar-refractivity contribution >= 4 is 9.24 Å². The van der Waals surface area contributed by atoms with Gasteiger partial charge in [0.15, 0.2) is 0 Å². The van der Waals surface area contributed by atoms with Crippen molar-refractivity contribution in [3.8, 4) is 5.75 Å². The summed E-state index contributed by atoms with van der Waals surface area (Å²) in [5, 5.41) is -0.247. The van der Waals surface area contributed by atoms with Gasteiger partial charge in [0.05, 0.1) is 0 Å². The third kappa shape index (κ3) is 4.80. The second-order valence-electron chi connectivity index (χ2n) is 7.92. The Bertz CT molecular complexity index is 442. The summed E-state index contributed by atoms with van der Waals surface area (Å²) in [5.41, 5.74) is 2.86. The average molecular weight is 280 g/mol. The molecule has 1 atom stereocenters. The molecule has 1 aromatic carbocycles. The summed E-state index contributed by atoms with van der Waals surface area (Å²) in [6.45, 7) is 17.6. The molecular formula is C17H29OP. The third-order valence-electron chi connectivity index (χ3n) is 3.03. The van der Waals surface area contributed by atoms with E-state index in [9.17, 15) is 0 Å². The number of hydrogen-bond acceptors (Lipinski definition) is 1. The smallest absolute Gasteiger partial charge is 0.124 e. The zero-order valence-electron chi connectivity index (χ0n) is 13.7. The molecule has 0 saturated heterocycles. The molecule has 0 saturated carbocycles. The Balaban J connectivity index is 3.34. The highest BCUT2D eigenvalue weighted by atomic mass is 31.0. The lowest BCUT2D eigenvalue weighted by Gasteiger charge is -2.30. The van der Waals surface area contributed by atoms with E-state index in [0.29, 0.717) is 0 Å². The maximum Gasteiger partial charge on any atom is 0.124 e. The van der Waals surface area contributed by atoms with E-state index in [4.69, 9.17) is 4.74 Å². The Morgan fingerprint density at radius 3 is 1.74 bits per heavy atom. The molecule has 0 bridgehead atoms. The van der Waals surface area contributed by atoms with E-state index in [1.807, 2.05) is 0 Å². The van der Waals surface area contributed by atoms with E-state index in [-0.39, 0.29) is 16.2 Å². The van der Waals surface area contributed by atoms with Crippen LogP contribution in [0.3, 0.4) is 0 Å². The van der Waals surface area contributed by atoms with E-state index in [1.54, 1.807) is 0 Å². The highest BCUT2D eigenvalue weighted by Gasteiger charge is 2.25. The van der Waals surface area contributed by atoms with Crippen LogP contribution in [-0.2, 0) is 10.8 Å². The molecule has 0 aliphatic heterocycles. The molecule has 19 heavy (non-hydrogen) atoms. The fraction of sp³-hybridized carbons (Fsp3) is 0.647. The van der Waals surface area contributed by atoms with Gasteiger partial charge in [0.2, 0.25) is 0 Å². The van der Waals surface area contributed by atoms with Gasteiger partial charge >= 0.3 is 0 Å². The number of benzene rings is 1. The zero-order chi connectivity index (χ0) is 15.1. The van der Waals surface area contributed by atoms with Crippen LogP contribution in [0.4, 0.5) is 0 Å². The largest absolute Gasteiger partial charge is 0.484 e. The van der Waals surface area contributed by atoms with Crippen LogP contribution in [0.25, 0.3) is 0 Å². The van der Waals surface area contributed by atoms with Crippen molar-refractivity contribution < 1.29 is 4.74 Å². The third-order valence-corrected chi connectivity index (χ3v) is 3.14. The molecule has 0 fully saturated rings. The SMILES string of the molecule is CC(C)(P)Oc1ccc(C(C)(C)C)cc1C(C)(C)C. The van der Waals surface area contributed by atoms with Gasteiger partial charge in [-0.05, 0) is 41.9 Å². The van der Waals surface area contributed by atoms with E-state index >= 15 is 0 Å². The standard InChI is InChI=1S/C17H29OP/c1-15(2,3)12-9-10-14(18-17(7,8)19)13(11-12)16(4,5)6/h9-11H,19H2,1-8H3. The Kier molecular flexibility index (Phi) is 4.42. The minimum absolute atomic E-state index is 0.0759. The Morgan fingerprint density at radius 1 is 0.842 bits per heavy atom. The Labute approximate surface area is 121 Å². The van der Waals surface area contributed by atoms with Gasteiger partial charge in [-0.1, -0.05) is 62.9 Å². The summed E-state index contributed by atoms with van der Waals surface area (Å²) < 4.78 is 6.09. The van der Waals surface area contributed by atoms with Crippen molar-refractivity contribution in [3.05, 3.63) is 29.3 Å². The molecule has 1 unspecified atom stereocenters. The van der Waals surface area contributed by atoms with Crippen LogP contribution in [0.5, 0.6) is 5.75 Å². The number of rotatable bonds is 2. The Hall–Kier alpha value is -0.550. The van der Waals surface area contributed by atoms with Crippen molar-refractivity contribution in [1.29, 1.82) is 0 Å². The van der Waals surface area contributed by atoms with E-state index in [2.05, 4.69) is 82.8 Å². The van der Waals surface area contributed by atoms with Gasteiger partial charge in [-0.15, -0.1) is 0 Å². The molecule has 0 aliphatic carbocycles. The van der Waals surface area contributed by atoms with Crippen molar-refractivity contribution in [3.63, 3.8) is 0 Å². The normalized spacial score (nSPS) is 13.5. The van der Waals surface area contributed by atoms with Crippen molar-refractivity contribution in [2.24, 2.45) is 0 Å². The maximum absolute atomic E-state index is 6.09. The minimum Gasteiger partial charge on any atom is -0.484 e. The monoisotopic (exact) mass is 280 g/mol. The van der Waals surface area contributed by atoms with Gasteiger partial charge < -0.3 is 4.74 Å². The molecule has 0 heterocycles. The molecule has 1 nitrogen and oxygen atoms in total. The molecule has 0 amide bonds. The molecule has 0 N–H and O–H groups in total. The summed E-state index contributed by atoms with van der Waals surface area (Å²) >= 11 is 0. The highest BCUT2D eigenvalue weighted by molar-refractivity contribution is 7.18. The first-order valence-corrected chi connectivity index (χ1v) is 7.51. The first-order valence-electron chi connectivity index (χ1n) is 6.93. The van der Waals surface area contributed by atoms with Crippen molar-refractivity contribution in [2.75, 3.05) is 0 Å². The van der Waals surface area contributed by atoms with Gasteiger partial charge in [-0.3, -0.25) is 0 Å². The van der Waals surface area contributed by atoms with Crippen molar-refractivity contribution in [1.82, 2.24) is 0 Å². The van der Waals surface area contributed by atoms with E-state index in [0.717, 1.165) is 5.75 Å². The van der Waals surface area contributed by atoms with Gasteiger partial charge in [0.1, 0.15) is 11.1 Å². The minimum atomic E-state index is -0.247. The highest BCUT2D eigenvalue weighted by Crippen LogP contribution is 2.37. The van der Waals surface area contributed by atoms with Crippen LogP contribution < -0.4 is 4.74 Å². The zero-order valence-corrected chi connectivity index (χ0v) is 14.9. The van der Waals surface area contributed by atoms with Gasteiger partial charge in [0.25, 0.3) is 0 Å². The van der Waals surface area contributed by atoms with Gasteiger partial charge in [0, 0.05) is 0 Å². The predicted molar refractivity (Wildman–Crippen MR) is 88.3 cm³/mol. The summed E-state index contributed by atoms with van der Waals surface area (Å²) in [6.07, 6.45) is 0. The maximum atomic E-state index is 6.09. The number of hydrogen-bond donors (Lipinski definition) is 0. The van der Waals surface area contributed by atoms with Gasteiger partial charge in [-0.2, -0.15) is 0 Å². The Morgan fingerprint density at radius 2 is 1.37 bits per heavy atom. The molecule has 2 heteroatoms. The fourth-order valence-electron chi connectivity index (χ4n) is 1.95. The lowest BCUT2D eigenvalue weighted by Crippen LogP contribution is -2.23. The van der Waals surface area contributed by atoms with Crippen LogP contribution in [-0.4, -0.2) is 5.34 Å². The molecule has 0 aliphatic rings. The second kappa shape index (κ2) is 5.09. The molecule has 0 aromatic heterocycles. The summed E-state index contributed by atoms with van der Waals surface area (Å²) in [4.78, 5) is 0. The van der Waals surface area contributed by atoms with Crippen LogP contribution in [0.15, 0.2) is 18.2 Å². The van der Waals surface area contributed by atoms with E-state index < -0.39 is 0 Å². The quantitative estimate of drug-likeness (QED) is 0.670. The summed E-state index contributed by atoms with van der Waals surface area (Å²) in [7, 11) is 2.74. The molecule has 1 rings (SSSR count). The summed E-state index contributed by atoms with van der Waals surface area (Å²) in [6, 6.07) is 6.60. The molecule has 0 spiro atoms. The van der Waals surface area contributed by atoms with Crippen molar-refractivity contribution in [2.45, 2.75) is 71.6 Å². The molecule has 1 aromatic rings. The van der Waals surface area contributed by atoms with Gasteiger partial charge in [-0.25, -0.2) is 0 Å². The van der Waals surface area contributed by atoms with E-state index in [1.165, 1.54) is 11.1 Å². The lowest BCUT2D eigenvalue weighted by atomic mass is 9.80. The van der Waals surface area contributed by atoms with Crippen LogP contribution >= 0.6 is 9.24 Å². The topological polar surface area (TPSA) is 9.23 Å².